The Balaban J connectivity index is 2.45. The second-order valence-corrected chi connectivity index (χ2v) is 6.71. The number of amides is 1. The summed E-state index contributed by atoms with van der Waals surface area (Å²) in [5, 5.41) is 2.86. The van der Waals surface area contributed by atoms with Crippen LogP contribution < -0.4 is 11.1 Å². The van der Waals surface area contributed by atoms with E-state index < -0.39 is 10.0 Å². The molecule has 0 heterocycles. The van der Waals surface area contributed by atoms with E-state index in [0.717, 1.165) is 29.8 Å². The fourth-order valence-electron chi connectivity index (χ4n) is 2.08. The lowest BCUT2D eigenvalue weighted by molar-refractivity contribution is -0.122. The van der Waals surface area contributed by atoms with E-state index in [0.29, 0.717) is 12.5 Å². The lowest BCUT2D eigenvalue weighted by Gasteiger charge is -2.21. The minimum atomic E-state index is -3.30. The molecule has 100 valence electrons. The molecule has 17 heavy (non-hydrogen) atoms. The third kappa shape index (κ3) is 4.25. The number of nitrogens with two attached hydrogens (primary N) is 1. The average molecular weight is 263 g/mol. The van der Waals surface area contributed by atoms with Gasteiger partial charge in [0.25, 0.3) is 0 Å². The number of carbonyl (C=O) groups is 1. The Morgan fingerprint density at radius 1 is 1.47 bits per heavy atom. The van der Waals surface area contributed by atoms with Gasteiger partial charge in [-0.05, 0) is 25.3 Å². The van der Waals surface area contributed by atoms with Gasteiger partial charge in [-0.3, -0.25) is 4.79 Å². The average Bonchev–Trinajstić information content (AvgIpc) is 2.63. The third-order valence-electron chi connectivity index (χ3n) is 3.24. The van der Waals surface area contributed by atoms with Crippen molar-refractivity contribution in [2.45, 2.75) is 25.3 Å². The predicted molar refractivity (Wildman–Crippen MR) is 65.8 cm³/mol. The van der Waals surface area contributed by atoms with Gasteiger partial charge in [-0.1, -0.05) is 6.42 Å². The Hall–Kier alpha value is -0.660. The third-order valence-corrected chi connectivity index (χ3v) is 4.50. The van der Waals surface area contributed by atoms with E-state index in [1.165, 1.54) is 7.05 Å². The lowest BCUT2D eigenvalue weighted by Crippen LogP contribution is -2.45. The summed E-state index contributed by atoms with van der Waals surface area (Å²) >= 11 is 0. The molecule has 2 unspecified atom stereocenters. The lowest BCUT2D eigenvalue weighted by atomic mass is 10.0. The number of nitrogens with one attached hydrogen (secondary N) is 1. The Labute approximate surface area is 103 Å². The van der Waals surface area contributed by atoms with Crippen LogP contribution in [-0.2, 0) is 14.8 Å². The fourth-order valence-corrected chi connectivity index (χ4v) is 2.43. The maximum Gasteiger partial charge on any atom is 0.235 e. The zero-order chi connectivity index (χ0) is 13.1. The van der Waals surface area contributed by atoms with Crippen LogP contribution in [0.25, 0.3) is 0 Å². The van der Waals surface area contributed by atoms with Crippen molar-refractivity contribution >= 4 is 15.9 Å². The summed E-state index contributed by atoms with van der Waals surface area (Å²) in [5.74, 6) is 0.0609. The molecule has 1 aliphatic carbocycles. The van der Waals surface area contributed by atoms with Crippen molar-refractivity contribution in [1.82, 2.24) is 9.62 Å². The van der Waals surface area contributed by atoms with Gasteiger partial charge in [-0.2, -0.15) is 4.31 Å². The molecular formula is C10H21N3O3S. The molecular weight excluding hydrogens is 242 g/mol. The van der Waals surface area contributed by atoms with Crippen LogP contribution in [0.15, 0.2) is 0 Å². The predicted octanol–water partition coefficient (Wildman–Crippen LogP) is -0.879. The molecule has 7 heteroatoms. The van der Waals surface area contributed by atoms with Crippen molar-refractivity contribution in [3.05, 3.63) is 0 Å². The number of hydrogen-bond donors (Lipinski definition) is 2. The highest BCUT2D eigenvalue weighted by Gasteiger charge is 2.28. The second-order valence-electron chi connectivity index (χ2n) is 4.62. The van der Waals surface area contributed by atoms with Crippen molar-refractivity contribution < 1.29 is 13.2 Å². The summed E-state index contributed by atoms with van der Waals surface area (Å²) in [4.78, 5) is 11.7. The number of carbonyl (C=O) groups excluding carboxylic acids is 1. The minimum Gasteiger partial charge on any atom is -0.352 e. The van der Waals surface area contributed by atoms with Crippen molar-refractivity contribution in [3.8, 4) is 0 Å². The van der Waals surface area contributed by atoms with Crippen LogP contribution in [0, 0.1) is 5.92 Å². The summed E-state index contributed by atoms with van der Waals surface area (Å²) < 4.78 is 23.3. The maximum atomic E-state index is 11.7. The van der Waals surface area contributed by atoms with Gasteiger partial charge in [0.2, 0.25) is 15.9 Å². The molecule has 0 spiro atoms. The highest BCUT2D eigenvalue weighted by atomic mass is 32.2. The van der Waals surface area contributed by atoms with Gasteiger partial charge in [-0.25, -0.2) is 8.42 Å². The van der Waals surface area contributed by atoms with Crippen LogP contribution in [0.2, 0.25) is 0 Å². The summed E-state index contributed by atoms with van der Waals surface area (Å²) in [7, 11) is -1.91. The Morgan fingerprint density at radius 3 is 2.65 bits per heavy atom. The summed E-state index contributed by atoms with van der Waals surface area (Å²) in [6, 6.07) is 0.0976. The molecule has 0 aromatic heterocycles. The van der Waals surface area contributed by atoms with Crippen molar-refractivity contribution in [3.63, 3.8) is 0 Å². The number of hydrogen-bond acceptors (Lipinski definition) is 4. The van der Waals surface area contributed by atoms with Crippen LogP contribution in [0.1, 0.15) is 19.3 Å². The normalized spacial score (nSPS) is 25.2. The fraction of sp³-hybridized carbons (Fsp3) is 0.900. The van der Waals surface area contributed by atoms with Gasteiger partial charge in [0, 0.05) is 13.1 Å². The van der Waals surface area contributed by atoms with Gasteiger partial charge >= 0.3 is 0 Å². The van der Waals surface area contributed by atoms with E-state index in [9.17, 15) is 13.2 Å². The zero-order valence-corrected chi connectivity index (χ0v) is 11.2. The Morgan fingerprint density at radius 2 is 2.12 bits per heavy atom. The summed E-state index contributed by atoms with van der Waals surface area (Å²) in [6.45, 7) is 0.430. The molecule has 1 fully saturated rings. The highest BCUT2D eigenvalue weighted by molar-refractivity contribution is 7.88. The first-order valence-electron chi connectivity index (χ1n) is 5.75. The molecule has 3 N–H and O–H groups in total. The number of likely N-dealkylation sites (N-methyl/N-ethyl adjacent to an activating group) is 1. The number of sulfonamides is 1. The van der Waals surface area contributed by atoms with Crippen LogP contribution in [0.3, 0.4) is 0 Å². The number of rotatable bonds is 5. The summed E-state index contributed by atoms with van der Waals surface area (Å²) in [6.07, 6.45) is 4.10. The standard InChI is InChI=1S/C10H21N3O3S/c1-13(17(2,15)16)7-10(14)12-9-5-3-4-8(9)6-11/h8-9H,3-7,11H2,1-2H3,(H,12,14). The molecule has 0 radical (unpaired) electrons. The molecule has 1 amide bonds. The van der Waals surface area contributed by atoms with Gasteiger partial charge in [0.1, 0.15) is 0 Å². The zero-order valence-electron chi connectivity index (χ0n) is 10.3. The first-order chi connectivity index (χ1) is 7.84. The quantitative estimate of drug-likeness (QED) is 0.674. The van der Waals surface area contributed by atoms with Gasteiger partial charge in [-0.15, -0.1) is 0 Å². The van der Waals surface area contributed by atoms with E-state index in [-0.39, 0.29) is 18.5 Å². The SMILES string of the molecule is CN(CC(=O)NC1CCCC1CN)S(C)(=O)=O. The van der Waals surface area contributed by atoms with Crippen molar-refractivity contribution in [2.75, 3.05) is 26.4 Å². The van der Waals surface area contributed by atoms with Crippen LogP contribution >= 0.6 is 0 Å². The molecule has 0 aromatic carbocycles. The van der Waals surface area contributed by atoms with Crippen molar-refractivity contribution in [1.29, 1.82) is 0 Å². The largest absolute Gasteiger partial charge is 0.352 e. The Bertz CT molecular complexity index is 369. The molecule has 2 atom stereocenters. The van der Waals surface area contributed by atoms with E-state index in [4.69, 9.17) is 5.73 Å². The minimum absolute atomic E-state index is 0.0976. The van der Waals surface area contributed by atoms with E-state index in [1.54, 1.807) is 0 Å². The number of nitrogens with zero attached hydrogens (tertiary/aromatic N) is 1. The van der Waals surface area contributed by atoms with Crippen LogP contribution in [0.4, 0.5) is 0 Å². The van der Waals surface area contributed by atoms with Crippen molar-refractivity contribution in [2.24, 2.45) is 11.7 Å². The summed E-state index contributed by atoms with van der Waals surface area (Å²) in [5.41, 5.74) is 5.61. The monoisotopic (exact) mass is 263 g/mol. The van der Waals surface area contributed by atoms with E-state index in [2.05, 4.69) is 5.32 Å². The van der Waals surface area contributed by atoms with Crippen LogP contribution in [-0.4, -0.2) is 51.1 Å². The molecule has 0 aromatic rings. The van der Waals surface area contributed by atoms with Gasteiger partial charge < -0.3 is 11.1 Å². The van der Waals surface area contributed by atoms with Crippen LogP contribution in [0.5, 0.6) is 0 Å². The molecule has 1 saturated carbocycles. The topological polar surface area (TPSA) is 92.5 Å². The van der Waals surface area contributed by atoms with Gasteiger partial charge in [0.05, 0.1) is 12.8 Å². The molecule has 0 aliphatic heterocycles. The first kappa shape index (κ1) is 14.4. The molecule has 1 aliphatic rings. The smallest absolute Gasteiger partial charge is 0.235 e. The highest BCUT2D eigenvalue weighted by Crippen LogP contribution is 2.24. The van der Waals surface area contributed by atoms with E-state index >= 15 is 0 Å². The van der Waals surface area contributed by atoms with E-state index in [1.807, 2.05) is 0 Å². The maximum absolute atomic E-state index is 11.7. The first-order valence-corrected chi connectivity index (χ1v) is 7.60. The molecule has 6 nitrogen and oxygen atoms in total. The Kier molecular flexibility index (Phi) is 4.91. The molecule has 0 saturated heterocycles. The van der Waals surface area contributed by atoms with Gasteiger partial charge in [0.15, 0.2) is 0 Å². The molecule has 0 bridgehead atoms. The molecule has 1 rings (SSSR count). The second kappa shape index (κ2) is 5.79.